The average Bonchev–Trinajstić information content (AvgIpc) is 2.62. The maximum atomic E-state index is 9.07. The molecule has 0 atom stereocenters. The van der Waals surface area contributed by atoms with Gasteiger partial charge in [-0.25, -0.2) is 0 Å². The van der Waals surface area contributed by atoms with Crippen LogP contribution in [-0.2, 0) is 6.61 Å². The first-order chi connectivity index (χ1) is 6.77. The normalized spacial score (nSPS) is 10.8. The topological polar surface area (TPSA) is 29.5 Å². The van der Waals surface area contributed by atoms with Crippen LogP contribution in [0.15, 0.2) is 22.4 Å². The van der Waals surface area contributed by atoms with E-state index in [1.54, 1.807) is 18.4 Å². The Morgan fingerprint density at radius 1 is 1.50 bits per heavy atom. The van der Waals surface area contributed by atoms with E-state index in [1.807, 2.05) is 17.5 Å². The lowest BCUT2D eigenvalue weighted by Gasteiger charge is -2.03. The Bertz CT molecular complexity index is 462. The van der Waals surface area contributed by atoms with Gasteiger partial charge in [0.05, 0.1) is 18.4 Å². The fourth-order valence-corrected chi connectivity index (χ4v) is 2.80. The highest BCUT2D eigenvalue weighted by molar-refractivity contribution is 7.80. The fraction of sp³-hybridized carbons (Fsp3) is 0.200. The fourth-order valence-electron chi connectivity index (χ4n) is 1.39. The minimum atomic E-state index is 0.0228. The predicted molar refractivity (Wildman–Crippen MR) is 61.6 cm³/mol. The highest BCUT2D eigenvalue weighted by Crippen LogP contribution is 2.37. The quantitative estimate of drug-likeness (QED) is 0.771. The number of fused-ring (bicyclic) bond motifs is 1. The Labute approximate surface area is 91.5 Å². The Balaban J connectivity index is 2.72. The van der Waals surface area contributed by atoms with Crippen LogP contribution in [-0.4, -0.2) is 12.2 Å². The van der Waals surface area contributed by atoms with Crippen molar-refractivity contribution in [2.24, 2.45) is 0 Å². The number of benzene rings is 1. The van der Waals surface area contributed by atoms with Crippen LogP contribution in [0.25, 0.3) is 10.1 Å². The molecule has 2 aromatic rings. The van der Waals surface area contributed by atoms with Crippen molar-refractivity contribution in [1.29, 1.82) is 0 Å². The van der Waals surface area contributed by atoms with E-state index in [4.69, 9.17) is 9.84 Å². The smallest absolute Gasteiger partial charge is 0.137 e. The first-order valence-corrected chi connectivity index (χ1v) is 5.47. The molecule has 1 aromatic carbocycles. The maximum Gasteiger partial charge on any atom is 0.137 e. The summed E-state index contributed by atoms with van der Waals surface area (Å²) in [5.41, 5.74) is 0.852. The molecule has 0 amide bonds. The van der Waals surface area contributed by atoms with Gasteiger partial charge in [0.1, 0.15) is 5.75 Å². The molecule has 0 saturated carbocycles. The molecule has 0 aliphatic rings. The molecule has 14 heavy (non-hydrogen) atoms. The summed E-state index contributed by atoms with van der Waals surface area (Å²) in [5.74, 6) is 0.866. The summed E-state index contributed by atoms with van der Waals surface area (Å²) < 4.78 is 6.28. The van der Waals surface area contributed by atoms with Gasteiger partial charge in [-0.2, -0.15) is 0 Å². The largest absolute Gasteiger partial charge is 0.495 e. The van der Waals surface area contributed by atoms with Gasteiger partial charge in [0.15, 0.2) is 0 Å². The van der Waals surface area contributed by atoms with Crippen LogP contribution >= 0.6 is 24.0 Å². The van der Waals surface area contributed by atoms with Crippen LogP contribution in [0.3, 0.4) is 0 Å². The van der Waals surface area contributed by atoms with Gasteiger partial charge in [-0.15, -0.1) is 24.0 Å². The van der Waals surface area contributed by atoms with Crippen LogP contribution in [0.2, 0.25) is 0 Å². The molecule has 0 aliphatic heterocycles. The summed E-state index contributed by atoms with van der Waals surface area (Å²) in [4.78, 5) is 0.846. The van der Waals surface area contributed by atoms with Crippen molar-refractivity contribution in [2.45, 2.75) is 11.5 Å². The monoisotopic (exact) mass is 226 g/mol. The van der Waals surface area contributed by atoms with Gasteiger partial charge in [0, 0.05) is 15.7 Å². The maximum absolute atomic E-state index is 9.07. The Hall–Kier alpha value is -0.710. The summed E-state index contributed by atoms with van der Waals surface area (Å²) in [6, 6.07) is 3.83. The van der Waals surface area contributed by atoms with Crippen LogP contribution in [0, 0.1) is 0 Å². The molecule has 0 fully saturated rings. The minimum Gasteiger partial charge on any atom is -0.495 e. The summed E-state index contributed by atoms with van der Waals surface area (Å²) in [5, 5.41) is 12.1. The third-order valence-electron chi connectivity index (χ3n) is 2.15. The van der Waals surface area contributed by atoms with Gasteiger partial charge in [0.25, 0.3) is 0 Å². The van der Waals surface area contributed by atoms with Crippen molar-refractivity contribution < 1.29 is 9.84 Å². The first-order valence-electron chi connectivity index (χ1n) is 4.14. The van der Waals surface area contributed by atoms with Crippen molar-refractivity contribution >= 4 is 34.1 Å². The van der Waals surface area contributed by atoms with Crippen molar-refractivity contribution in [3.8, 4) is 5.75 Å². The summed E-state index contributed by atoms with van der Waals surface area (Å²) in [7, 11) is 1.65. The number of aliphatic hydroxyl groups excluding tert-OH is 1. The van der Waals surface area contributed by atoms with Gasteiger partial charge in [0.2, 0.25) is 0 Å². The lowest BCUT2D eigenvalue weighted by Crippen LogP contribution is -1.85. The molecule has 0 aliphatic carbocycles. The molecule has 1 heterocycles. The zero-order valence-corrected chi connectivity index (χ0v) is 9.36. The van der Waals surface area contributed by atoms with E-state index in [0.717, 1.165) is 26.3 Å². The van der Waals surface area contributed by atoms with Gasteiger partial charge >= 0.3 is 0 Å². The Kier molecular flexibility index (Phi) is 2.67. The summed E-state index contributed by atoms with van der Waals surface area (Å²) in [6.07, 6.45) is 0. The molecule has 0 radical (unpaired) electrons. The second kappa shape index (κ2) is 3.81. The molecular weight excluding hydrogens is 216 g/mol. The zero-order chi connectivity index (χ0) is 10.1. The number of hydrogen-bond donors (Lipinski definition) is 2. The molecule has 0 bridgehead atoms. The molecule has 1 N–H and O–H groups in total. The van der Waals surface area contributed by atoms with Gasteiger partial charge in [-0.05, 0) is 11.6 Å². The molecular formula is C10H10O2S2. The average molecular weight is 226 g/mol. The number of rotatable bonds is 2. The number of thiophene rings is 1. The molecule has 2 rings (SSSR count). The highest BCUT2D eigenvalue weighted by Gasteiger charge is 2.09. The van der Waals surface area contributed by atoms with Crippen LogP contribution in [0.5, 0.6) is 5.75 Å². The van der Waals surface area contributed by atoms with Gasteiger partial charge in [-0.3, -0.25) is 0 Å². The molecule has 0 spiro atoms. The number of aliphatic hydroxyl groups is 1. The van der Waals surface area contributed by atoms with Crippen molar-refractivity contribution in [1.82, 2.24) is 0 Å². The first kappa shape index (κ1) is 9.83. The highest BCUT2D eigenvalue weighted by atomic mass is 32.1. The molecule has 74 valence electrons. The minimum absolute atomic E-state index is 0.0228. The second-order valence-corrected chi connectivity index (χ2v) is 4.24. The van der Waals surface area contributed by atoms with Crippen molar-refractivity contribution in [3.63, 3.8) is 0 Å². The second-order valence-electron chi connectivity index (χ2n) is 2.91. The molecule has 0 unspecified atom stereocenters. The summed E-state index contributed by atoms with van der Waals surface area (Å²) >= 11 is 5.97. The van der Waals surface area contributed by atoms with E-state index in [0.29, 0.717) is 0 Å². The third kappa shape index (κ3) is 1.39. The van der Waals surface area contributed by atoms with Crippen molar-refractivity contribution in [2.75, 3.05) is 7.11 Å². The van der Waals surface area contributed by atoms with E-state index in [-0.39, 0.29) is 6.61 Å². The number of ether oxygens (including phenoxy) is 1. The van der Waals surface area contributed by atoms with E-state index in [1.165, 1.54) is 0 Å². The Morgan fingerprint density at radius 3 is 2.93 bits per heavy atom. The molecule has 2 nitrogen and oxygen atoms in total. The molecule has 0 saturated heterocycles. The van der Waals surface area contributed by atoms with Crippen molar-refractivity contribution in [3.05, 3.63) is 23.1 Å². The van der Waals surface area contributed by atoms with Gasteiger partial charge < -0.3 is 9.84 Å². The summed E-state index contributed by atoms with van der Waals surface area (Å²) in [6.45, 7) is 0.0228. The van der Waals surface area contributed by atoms with E-state index in [2.05, 4.69) is 12.6 Å². The predicted octanol–water partition coefficient (Wildman–Crippen LogP) is 2.69. The lowest BCUT2D eigenvalue weighted by molar-refractivity contribution is 0.279. The van der Waals surface area contributed by atoms with E-state index >= 15 is 0 Å². The zero-order valence-electron chi connectivity index (χ0n) is 7.65. The molecule has 4 heteroatoms. The van der Waals surface area contributed by atoms with Gasteiger partial charge in [-0.1, -0.05) is 6.07 Å². The van der Waals surface area contributed by atoms with E-state index in [9.17, 15) is 0 Å². The Morgan fingerprint density at radius 2 is 2.29 bits per heavy atom. The lowest BCUT2D eigenvalue weighted by atomic mass is 10.2. The van der Waals surface area contributed by atoms with Crippen LogP contribution in [0.1, 0.15) is 5.56 Å². The van der Waals surface area contributed by atoms with E-state index < -0.39 is 0 Å². The number of thiol groups is 1. The third-order valence-corrected chi connectivity index (χ3v) is 3.81. The van der Waals surface area contributed by atoms with Crippen LogP contribution in [0.4, 0.5) is 0 Å². The number of hydrogen-bond acceptors (Lipinski definition) is 4. The molecule has 1 aromatic heterocycles. The number of methoxy groups -OCH3 is 1. The van der Waals surface area contributed by atoms with Crippen LogP contribution < -0.4 is 4.74 Å². The SMILES string of the molecule is COc1csc2c(S)c(CO)ccc12. The standard InChI is InChI=1S/C10H10O2S2/c1-12-8-5-14-10-7(8)3-2-6(4-11)9(10)13/h2-3,5,11,13H,4H2,1H3.